The van der Waals surface area contributed by atoms with Crippen molar-refractivity contribution in [1.82, 2.24) is 5.32 Å². The summed E-state index contributed by atoms with van der Waals surface area (Å²) in [7, 11) is 0. The van der Waals surface area contributed by atoms with Crippen LogP contribution in [-0.2, 0) is 9.59 Å². The van der Waals surface area contributed by atoms with Crippen LogP contribution in [0.15, 0.2) is 24.3 Å². The van der Waals surface area contributed by atoms with Crippen molar-refractivity contribution >= 4 is 29.1 Å². The van der Waals surface area contributed by atoms with Gasteiger partial charge < -0.3 is 10.6 Å². The van der Waals surface area contributed by atoms with Crippen molar-refractivity contribution in [3.63, 3.8) is 0 Å². The monoisotopic (exact) mass is 322 g/mol. The molecule has 1 aromatic carbocycles. The standard InChI is InChI=1S/C17H23ClN2O2/c1-2-11-19-16(21)12-3-5-13(6-4-12)17(22)20-15-9-7-14(18)8-10-15/h7-10,12-13H,2-6,11H2,1H3,(H,19,21)(H,20,22). The summed E-state index contributed by atoms with van der Waals surface area (Å²) in [5, 5.41) is 6.51. The molecule has 1 saturated carbocycles. The lowest BCUT2D eigenvalue weighted by molar-refractivity contribution is -0.128. The van der Waals surface area contributed by atoms with Crippen molar-refractivity contribution in [3.8, 4) is 0 Å². The van der Waals surface area contributed by atoms with E-state index in [1.807, 2.05) is 6.92 Å². The van der Waals surface area contributed by atoms with Crippen molar-refractivity contribution < 1.29 is 9.59 Å². The molecule has 0 aromatic heterocycles. The Morgan fingerprint density at radius 2 is 1.59 bits per heavy atom. The van der Waals surface area contributed by atoms with E-state index in [-0.39, 0.29) is 23.7 Å². The molecule has 2 amide bonds. The number of benzene rings is 1. The molecular formula is C17H23ClN2O2. The maximum Gasteiger partial charge on any atom is 0.227 e. The number of rotatable bonds is 5. The molecule has 5 heteroatoms. The number of halogens is 1. The first kappa shape index (κ1) is 16.8. The summed E-state index contributed by atoms with van der Waals surface area (Å²) in [5.41, 5.74) is 0.761. The Hall–Kier alpha value is -1.55. The first-order valence-electron chi connectivity index (χ1n) is 7.94. The van der Waals surface area contributed by atoms with E-state index in [0.29, 0.717) is 5.02 Å². The summed E-state index contributed by atoms with van der Waals surface area (Å²) >= 11 is 5.83. The van der Waals surface area contributed by atoms with Gasteiger partial charge >= 0.3 is 0 Å². The molecule has 4 nitrogen and oxygen atoms in total. The van der Waals surface area contributed by atoms with Gasteiger partial charge in [0.05, 0.1) is 0 Å². The molecule has 0 atom stereocenters. The fourth-order valence-electron chi connectivity index (χ4n) is 2.79. The molecule has 1 fully saturated rings. The molecule has 0 unspecified atom stereocenters. The molecule has 120 valence electrons. The summed E-state index contributed by atoms with van der Waals surface area (Å²) in [6, 6.07) is 7.10. The van der Waals surface area contributed by atoms with Crippen LogP contribution in [0.25, 0.3) is 0 Å². The topological polar surface area (TPSA) is 58.2 Å². The summed E-state index contributed by atoms with van der Waals surface area (Å²) in [6.07, 6.45) is 4.06. The molecule has 1 aliphatic rings. The van der Waals surface area contributed by atoms with E-state index in [1.54, 1.807) is 24.3 Å². The van der Waals surface area contributed by atoms with Gasteiger partial charge in [0.1, 0.15) is 0 Å². The molecular weight excluding hydrogens is 300 g/mol. The minimum Gasteiger partial charge on any atom is -0.356 e. The molecule has 0 spiro atoms. The van der Waals surface area contributed by atoms with E-state index < -0.39 is 0 Å². The number of hydrogen-bond acceptors (Lipinski definition) is 2. The van der Waals surface area contributed by atoms with Crippen LogP contribution in [0.2, 0.25) is 5.02 Å². The number of anilines is 1. The zero-order chi connectivity index (χ0) is 15.9. The quantitative estimate of drug-likeness (QED) is 0.870. The van der Waals surface area contributed by atoms with Crippen LogP contribution >= 0.6 is 11.6 Å². The van der Waals surface area contributed by atoms with Crippen LogP contribution in [0, 0.1) is 11.8 Å². The van der Waals surface area contributed by atoms with Crippen molar-refractivity contribution in [2.24, 2.45) is 11.8 Å². The van der Waals surface area contributed by atoms with Crippen LogP contribution in [0.4, 0.5) is 5.69 Å². The zero-order valence-electron chi connectivity index (χ0n) is 12.9. The summed E-state index contributed by atoms with van der Waals surface area (Å²) in [4.78, 5) is 24.2. The zero-order valence-corrected chi connectivity index (χ0v) is 13.7. The third kappa shape index (κ3) is 4.73. The largest absolute Gasteiger partial charge is 0.356 e. The molecule has 1 aromatic rings. The lowest BCUT2D eigenvalue weighted by atomic mass is 9.81. The molecule has 0 radical (unpaired) electrons. The highest BCUT2D eigenvalue weighted by atomic mass is 35.5. The van der Waals surface area contributed by atoms with E-state index in [1.165, 1.54) is 0 Å². The third-order valence-corrected chi connectivity index (χ3v) is 4.38. The van der Waals surface area contributed by atoms with E-state index in [2.05, 4.69) is 10.6 Å². The molecule has 0 heterocycles. The highest BCUT2D eigenvalue weighted by molar-refractivity contribution is 6.30. The van der Waals surface area contributed by atoms with Crippen LogP contribution in [0.5, 0.6) is 0 Å². The fraction of sp³-hybridized carbons (Fsp3) is 0.529. The van der Waals surface area contributed by atoms with Gasteiger partial charge in [-0.25, -0.2) is 0 Å². The van der Waals surface area contributed by atoms with Gasteiger partial charge in [0.25, 0.3) is 0 Å². The highest BCUT2D eigenvalue weighted by Gasteiger charge is 2.29. The van der Waals surface area contributed by atoms with E-state index in [9.17, 15) is 9.59 Å². The van der Waals surface area contributed by atoms with Gasteiger partial charge in [-0.2, -0.15) is 0 Å². The minimum atomic E-state index is -0.00842. The first-order valence-corrected chi connectivity index (χ1v) is 8.32. The predicted molar refractivity (Wildman–Crippen MR) is 88.8 cm³/mol. The van der Waals surface area contributed by atoms with Crippen LogP contribution in [-0.4, -0.2) is 18.4 Å². The van der Waals surface area contributed by atoms with Gasteiger partial charge in [-0.15, -0.1) is 0 Å². The van der Waals surface area contributed by atoms with Gasteiger partial charge in [0, 0.05) is 29.1 Å². The predicted octanol–water partition coefficient (Wildman–Crippen LogP) is 3.61. The highest BCUT2D eigenvalue weighted by Crippen LogP contribution is 2.30. The number of carbonyl (C=O) groups is 2. The van der Waals surface area contributed by atoms with Crippen LogP contribution in [0.3, 0.4) is 0 Å². The van der Waals surface area contributed by atoms with Gasteiger partial charge in [-0.05, 0) is 56.4 Å². The maximum atomic E-state index is 12.3. The minimum absolute atomic E-state index is 0.00842. The van der Waals surface area contributed by atoms with Crippen LogP contribution < -0.4 is 10.6 Å². The molecule has 0 aliphatic heterocycles. The second-order valence-corrected chi connectivity index (χ2v) is 6.27. The second kappa shape index (κ2) is 8.18. The Morgan fingerprint density at radius 1 is 1.05 bits per heavy atom. The molecule has 22 heavy (non-hydrogen) atoms. The van der Waals surface area contributed by atoms with Gasteiger partial charge in [-0.3, -0.25) is 9.59 Å². The summed E-state index contributed by atoms with van der Waals surface area (Å²) in [5.74, 6) is 0.227. The second-order valence-electron chi connectivity index (χ2n) is 5.84. The number of amides is 2. The third-order valence-electron chi connectivity index (χ3n) is 4.13. The van der Waals surface area contributed by atoms with Crippen LogP contribution in [0.1, 0.15) is 39.0 Å². The van der Waals surface area contributed by atoms with E-state index in [0.717, 1.165) is 44.3 Å². The van der Waals surface area contributed by atoms with Gasteiger partial charge in [0.2, 0.25) is 11.8 Å². The average molecular weight is 323 g/mol. The number of nitrogens with one attached hydrogen (secondary N) is 2. The van der Waals surface area contributed by atoms with Gasteiger partial charge in [0.15, 0.2) is 0 Å². The van der Waals surface area contributed by atoms with Crippen molar-refractivity contribution in [3.05, 3.63) is 29.3 Å². The van der Waals surface area contributed by atoms with E-state index in [4.69, 9.17) is 11.6 Å². The Labute approximate surface area is 136 Å². The lowest BCUT2D eigenvalue weighted by Crippen LogP contribution is -2.35. The molecule has 2 N–H and O–H groups in total. The summed E-state index contributed by atoms with van der Waals surface area (Å²) < 4.78 is 0. The molecule has 1 aliphatic carbocycles. The van der Waals surface area contributed by atoms with Crippen molar-refractivity contribution in [2.45, 2.75) is 39.0 Å². The average Bonchev–Trinajstić information content (AvgIpc) is 2.55. The Kier molecular flexibility index (Phi) is 6.25. The van der Waals surface area contributed by atoms with E-state index >= 15 is 0 Å². The molecule has 0 bridgehead atoms. The smallest absolute Gasteiger partial charge is 0.227 e. The molecule has 2 rings (SSSR count). The van der Waals surface area contributed by atoms with Gasteiger partial charge in [-0.1, -0.05) is 18.5 Å². The number of hydrogen-bond donors (Lipinski definition) is 2. The normalized spacial score (nSPS) is 21.2. The SMILES string of the molecule is CCCNC(=O)C1CCC(C(=O)Nc2ccc(Cl)cc2)CC1. The fourth-order valence-corrected chi connectivity index (χ4v) is 2.91. The Balaban J connectivity index is 1.79. The van der Waals surface area contributed by atoms with Crippen molar-refractivity contribution in [2.75, 3.05) is 11.9 Å². The Bertz CT molecular complexity index is 508. The summed E-state index contributed by atoms with van der Waals surface area (Å²) in [6.45, 7) is 2.77. The lowest BCUT2D eigenvalue weighted by Gasteiger charge is -2.27. The van der Waals surface area contributed by atoms with Crippen molar-refractivity contribution in [1.29, 1.82) is 0 Å². The number of carbonyl (C=O) groups excluding carboxylic acids is 2. The first-order chi connectivity index (χ1) is 10.6. The maximum absolute atomic E-state index is 12.3. The molecule has 0 saturated heterocycles. The Morgan fingerprint density at radius 3 is 2.14 bits per heavy atom.